The highest BCUT2D eigenvalue weighted by Gasteiger charge is 2.11. The molecule has 6 nitrogen and oxygen atoms in total. The molecule has 6 heteroatoms. The molecule has 0 saturated carbocycles. The van der Waals surface area contributed by atoms with Crippen LogP contribution in [0.4, 0.5) is 10.6 Å². The minimum Gasteiger partial charge on any atom is -0.291 e. The van der Waals surface area contributed by atoms with Crippen molar-refractivity contribution in [1.29, 1.82) is 0 Å². The Kier molecular flexibility index (Phi) is 3.61. The summed E-state index contributed by atoms with van der Waals surface area (Å²) in [6, 6.07) is 8.05. The number of hydrogen-bond acceptors (Lipinski definition) is 3. The van der Waals surface area contributed by atoms with Crippen molar-refractivity contribution in [2.45, 2.75) is 13.8 Å². The van der Waals surface area contributed by atoms with Gasteiger partial charge in [0.15, 0.2) is 5.82 Å². The number of anilines is 1. The zero-order valence-corrected chi connectivity index (χ0v) is 10.7. The van der Waals surface area contributed by atoms with Gasteiger partial charge < -0.3 is 0 Å². The van der Waals surface area contributed by atoms with Crippen LogP contribution in [0, 0.1) is 13.8 Å². The summed E-state index contributed by atoms with van der Waals surface area (Å²) in [5.74, 6) is -0.0829. The molecule has 98 valence electrons. The molecule has 0 aliphatic heterocycles. The van der Waals surface area contributed by atoms with Crippen molar-refractivity contribution < 1.29 is 9.59 Å². The van der Waals surface area contributed by atoms with Crippen molar-refractivity contribution in [3.05, 3.63) is 47.2 Å². The molecule has 3 amide bonds. The number of hydrogen-bond donors (Lipinski definition) is 3. The number of carbonyl (C=O) groups is 2. The van der Waals surface area contributed by atoms with Crippen LogP contribution in [0.5, 0.6) is 0 Å². The van der Waals surface area contributed by atoms with Gasteiger partial charge in [0, 0.05) is 17.3 Å². The maximum absolute atomic E-state index is 11.8. The van der Waals surface area contributed by atoms with Gasteiger partial charge in [-0.1, -0.05) is 17.7 Å². The fourth-order valence-electron chi connectivity index (χ4n) is 1.59. The number of imide groups is 1. The van der Waals surface area contributed by atoms with E-state index in [2.05, 4.69) is 20.8 Å². The molecule has 19 heavy (non-hydrogen) atoms. The van der Waals surface area contributed by atoms with Crippen LogP contribution < -0.4 is 10.6 Å². The first-order valence-corrected chi connectivity index (χ1v) is 5.75. The molecular weight excluding hydrogens is 244 g/mol. The van der Waals surface area contributed by atoms with Crippen LogP contribution in [-0.4, -0.2) is 22.1 Å². The summed E-state index contributed by atoms with van der Waals surface area (Å²) in [4.78, 5) is 23.4. The molecule has 0 aliphatic carbocycles. The summed E-state index contributed by atoms with van der Waals surface area (Å²) in [5, 5.41) is 11.2. The van der Waals surface area contributed by atoms with Crippen molar-refractivity contribution in [2.75, 3.05) is 5.32 Å². The summed E-state index contributed by atoms with van der Waals surface area (Å²) < 4.78 is 0. The first kappa shape index (κ1) is 12.8. The second-order valence-electron chi connectivity index (χ2n) is 4.21. The molecule has 2 rings (SSSR count). The molecule has 1 aromatic carbocycles. The van der Waals surface area contributed by atoms with Crippen LogP contribution in [0.1, 0.15) is 21.6 Å². The Bertz CT molecular complexity index is 619. The van der Waals surface area contributed by atoms with E-state index in [1.807, 2.05) is 19.9 Å². The summed E-state index contributed by atoms with van der Waals surface area (Å²) in [6.45, 7) is 3.69. The van der Waals surface area contributed by atoms with Gasteiger partial charge in [0.05, 0.1) is 0 Å². The molecular formula is C13H14N4O2. The van der Waals surface area contributed by atoms with Crippen LogP contribution >= 0.6 is 0 Å². The van der Waals surface area contributed by atoms with Crippen molar-refractivity contribution in [3.8, 4) is 0 Å². The van der Waals surface area contributed by atoms with Gasteiger partial charge in [-0.25, -0.2) is 4.79 Å². The van der Waals surface area contributed by atoms with E-state index in [0.717, 1.165) is 11.3 Å². The minimum absolute atomic E-state index is 0.368. The lowest BCUT2D eigenvalue weighted by atomic mass is 10.1. The molecule has 1 aromatic heterocycles. The van der Waals surface area contributed by atoms with E-state index in [0.29, 0.717) is 11.4 Å². The number of amides is 3. The molecule has 0 bridgehead atoms. The van der Waals surface area contributed by atoms with Gasteiger partial charge >= 0.3 is 6.03 Å². The van der Waals surface area contributed by atoms with Gasteiger partial charge in [0.2, 0.25) is 0 Å². The van der Waals surface area contributed by atoms with E-state index in [-0.39, 0.29) is 0 Å². The molecule has 0 spiro atoms. The zero-order valence-electron chi connectivity index (χ0n) is 10.7. The number of urea groups is 1. The molecule has 0 fully saturated rings. The lowest BCUT2D eigenvalue weighted by Gasteiger charge is -2.05. The molecule has 0 unspecified atom stereocenters. The van der Waals surface area contributed by atoms with Crippen molar-refractivity contribution in [2.24, 2.45) is 0 Å². The summed E-state index contributed by atoms with van der Waals surface area (Å²) in [6.07, 6.45) is 0. The molecule has 3 N–H and O–H groups in total. The minimum atomic E-state index is -0.613. The maximum Gasteiger partial charge on any atom is 0.327 e. The zero-order chi connectivity index (χ0) is 13.8. The van der Waals surface area contributed by atoms with E-state index >= 15 is 0 Å². The number of nitrogens with one attached hydrogen (secondary N) is 3. The molecule has 2 aromatic rings. The van der Waals surface area contributed by atoms with E-state index in [1.165, 1.54) is 0 Å². The van der Waals surface area contributed by atoms with Crippen LogP contribution in [-0.2, 0) is 0 Å². The molecule has 0 atom stereocenters. The third-order valence-corrected chi connectivity index (χ3v) is 2.45. The lowest BCUT2D eigenvalue weighted by molar-refractivity contribution is 0.0967. The second kappa shape index (κ2) is 5.34. The van der Waals surface area contributed by atoms with Crippen molar-refractivity contribution in [3.63, 3.8) is 0 Å². The number of aryl methyl sites for hydroxylation is 2. The number of rotatable bonds is 2. The Morgan fingerprint density at radius 3 is 2.63 bits per heavy atom. The molecule has 0 saturated heterocycles. The smallest absolute Gasteiger partial charge is 0.291 e. The molecule has 0 radical (unpaired) electrons. The number of aromatic nitrogens is 2. The number of aromatic amines is 1. The highest BCUT2D eigenvalue weighted by Crippen LogP contribution is 2.05. The molecule has 0 aliphatic rings. The van der Waals surface area contributed by atoms with Crippen LogP contribution in [0.15, 0.2) is 30.3 Å². The predicted octanol–water partition coefficient (Wildman–Crippen LogP) is 1.99. The van der Waals surface area contributed by atoms with Crippen molar-refractivity contribution in [1.82, 2.24) is 15.5 Å². The summed E-state index contributed by atoms with van der Waals surface area (Å²) >= 11 is 0. The van der Waals surface area contributed by atoms with Gasteiger partial charge in [-0.2, -0.15) is 5.10 Å². The average Bonchev–Trinajstić information content (AvgIpc) is 2.74. The van der Waals surface area contributed by atoms with Gasteiger partial charge in [0.1, 0.15) is 0 Å². The summed E-state index contributed by atoms with van der Waals surface area (Å²) in [5.41, 5.74) is 2.21. The second-order valence-corrected chi connectivity index (χ2v) is 4.21. The first-order chi connectivity index (χ1) is 9.04. The predicted molar refractivity (Wildman–Crippen MR) is 71.0 cm³/mol. The van der Waals surface area contributed by atoms with Gasteiger partial charge in [-0.15, -0.1) is 0 Å². The Morgan fingerprint density at radius 2 is 2.00 bits per heavy atom. The fraction of sp³-hybridized carbons (Fsp3) is 0.154. The fourth-order valence-corrected chi connectivity index (χ4v) is 1.59. The standard InChI is InChI=1S/C13H14N4O2/c1-8-4-3-5-10(6-8)12(18)15-13(19)14-11-7-9(2)16-17-11/h3-7H,1-2H3,(H3,14,15,16,17,18,19). The monoisotopic (exact) mass is 258 g/mol. The lowest BCUT2D eigenvalue weighted by Crippen LogP contribution is -2.34. The number of nitrogens with zero attached hydrogens (tertiary/aromatic N) is 1. The molecule has 1 heterocycles. The summed E-state index contributed by atoms with van der Waals surface area (Å²) in [7, 11) is 0. The van der Waals surface area contributed by atoms with E-state index in [9.17, 15) is 9.59 Å². The third-order valence-electron chi connectivity index (χ3n) is 2.45. The first-order valence-electron chi connectivity index (χ1n) is 5.75. The maximum atomic E-state index is 11.8. The van der Waals surface area contributed by atoms with E-state index in [4.69, 9.17) is 0 Å². The number of benzene rings is 1. The number of carbonyl (C=O) groups excluding carboxylic acids is 2. The van der Waals surface area contributed by atoms with Crippen LogP contribution in [0.2, 0.25) is 0 Å². The Labute approximate surface area is 110 Å². The Morgan fingerprint density at radius 1 is 1.21 bits per heavy atom. The van der Waals surface area contributed by atoms with Gasteiger partial charge in [-0.05, 0) is 26.0 Å². The van der Waals surface area contributed by atoms with E-state index < -0.39 is 11.9 Å². The highest BCUT2D eigenvalue weighted by atomic mass is 16.2. The average molecular weight is 258 g/mol. The SMILES string of the molecule is Cc1cccc(C(=O)NC(=O)Nc2cc(C)[nH]n2)c1. The van der Waals surface area contributed by atoms with Crippen LogP contribution in [0.3, 0.4) is 0 Å². The normalized spacial score (nSPS) is 10.0. The largest absolute Gasteiger partial charge is 0.327 e. The Hall–Kier alpha value is -2.63. The van der Waals surface area contributed by atoms with Crippen molar-refractivity contribution >= 4 is 17.8 Å². The topological polar surface area (TPSA) is 86.9 Å². The van der Waals surface area contributed by atoms with Crippen LogP contribution in [0.25, 0.3) is 0 Å². The van der Waals surface area contributed by atoms with Gasteiger partial charge in [-0.3, -0.25) is 20.5 Å². The van der Waals surface area contributed by atoms with E-state index in [1.54, 1.807) is 24.3 Å². The Balaban J connectivity index is 1.97. The third kappa shape index (κ3) is 3.41. The van der Waals surface area contributed by atoms with Gasteiger partial charge in [0.25, 0.3) is 5.91 Å². The number of H-pyrrole nitrogens is 1. The highest BCUT2D eigenvalue weighted by molar-refractivity contribution is 6.07. The quantitative estimate of drug-likeness (QED) is 0.769.